The summed E-state index contributed by atoms with van der Waals surface area (Å²) < 4.78 is 0. The molecule has 3 aromatic rings. The van der Waals surface area contributed by atoms with Crippen LogP contribution in [0.5, 0.6) is 0 Å². The van der Waals surface area contributed by atoms with Crippen molar-refractivity contribution in [1.82, 2.24) is 5.32 Å². The minimum absolute atomic E-state index is 0.0133. The van der Waals surface area contributed by atoms with E-state index < -0.39 is 0 Å². The minimum Gasteiger partial charge on any atom is -0.371 e. The largest absolute Gasteiger partial charge is 0.371 e. The van der Waals surface area contributed by atoms with Crippen LogP contribution in [0.1, 0.15) is 50.3 Å². The van der Waals surface area contributed by atoms with Crippen molar-refractivity contribution in [3.63, 3.8) is 0 Å². The van der Waals surface area contributed by atoms with Crippen LogP contribution in [-0.2, 0) is 11.2 Å². The molecule has 0 saturated carbocycles. The highest BCUT2D eigenvalue weighted by Gasteiger charge is 2.17. The number of anilines is 1. The lowest BCUT2D eigenvalue weighted by Gasteiger charge is -2.33. The smallest absolute Gasteiger partial charge is 0.220 e. The minimum atomic E-state index is 0.0133. The van der Waals surface area contributed by atoms with Gasteiger partial charge in [-0.15, -0.1) is 0 Å². The molecule has 1 aliphatic rings. The molecule has 1 heterocycles. The Morgan fingerprint density at radius 2 is 1.83 bits per heavy atom. The summed E-state index contributed by atoms with van der Waals surface area (Å²) >= 11 is 0. The lowest BCUT2D eigenvalue weighted by atomic mass is 9.99. The maximum absolute atomic E-state index is 12.6. The quantitative estimate of drug-likeness (QED) is 0.560. The van der Waals surface area contributed by atoms with Crippen molar-refractivity contribution in [2.45, 2.75) is 45.6 Å². The maximum Gasteiger partial charge on any atom is 0.220 e. The zero-order valence-corrected chi connectivity index (χ0v) is 18.1. The number of hydrogen-bond donors (Lipinski definition) is 1. The van der Waals surface area contributed by atoms with E-state index in [0.29, 0.717) is 6.42 Å². The molecule has 1 fully saturated rings. The highest BCUT2D eigenvalue weighted by molar-refractivity contribution is 5.86. The number of amides is 1. The molecule has 0 aliphatic carbocycles. The third kappa shape index (κ3) is 4.84. The first-order valence-corrected chi connectivity index (χ1v) is 11.2. The highest BCUT2D eigenvalue weighted by atomic mass is 16.1. The summed E-state index contributed by atoms with van der Waals surface area (Å²) in [7, 11) is 0. The molecule has 1 aliphatic heterocycles. The standard InChI is InChI=1S/C27H32N2O/c1-20-7-6-18-29(19-20)25-15-12-22(13-16-25)21(2)28-27(30)17-14-24-10-5-9-23-8-3-4-11-26(23)24/h3-5,8-13,15-16,20-21H,6-7,14,17-19H2,1-2H3,(H,28,30)/t20-,21-/m0/s1. The summed E-state index contributed by atoms with van der Waals surface area (Å²) in [6, 6.07) is 23.4. The third-order valence-corrected chi connectivity index (χ3v) is 6.29. The van der Waals surface area contributed by atoms with Gasteiger partial charge in [-0.3, -0.25) is 4.79 Å². The molecule has 0 aromatic heterocycles. The fraction of sp³-hybridized carbons (Fsp3) is 0.370. The van der Waals surface area contributed by atoms with E-state index in [4.69, 9.17) is 0 Å². The van der Waals surface area contributed by atoms with Crippen molar-refractivity contribution in [3.8, 4) is 0 Å². The van der Waals surface area contributed by atoms with Gasteiger partial charge in [-0.2, -0.15) is 0 Å². The van der Waals surface area contributed by atoms with Crippen molar-refractivity contribution in [2.24, 2.45) is 5.92 Å². The van der Waals surface area contributed by atoms with E-state index in [1.807, 2.05) is 0 Å². The second-order valence-corrected chi connectivity index (χ2v) is 8.71. The number of carbonyl (C=O) groups excluding carboxylic acids is 1. The van der Waals surface area contributed by atoms with Crippen LogP contribution < -0.4 is 10.2 Å². The third-order valence-electron chi connectivity index (χ3n) is 6.29. The topological polar surface area (TPSA) is 32.3 Å². The summed E-state index contributed by atoms with van der Waals surface area (Å²) in [5, 5.41) is 5.64. The number of nitrogens with one attached hydrogen (secondary N) is 1. The van der Waals surface area contributed by atoms with Crippen LogP contribution in [0.2, 0.25) is 0 Å². The zero-order valence-electron chi connectivity index (χ0n) is 18.1. The molecule has 4 rings (SSSR count). The molecule has 0 radical (unpaired) electrons. The Balaban J connectivity index is 1.33. The number of fused-ring (bicyclic) bond motifs is 1. The highest BCUT2D eigenvalue weighted by Crippen LogP contribution is 2.25. The molecule has 1 amide bonds. The Kier molecular flexibility index (Phi) is 6.37. The van der Waals surface area contributed by atoms with Gasteiger partial charge in [0, 0.05) is 25.2 Å². The van der Waals surface area contributed by atoms with Gasteiger partial charge in [-0.05, 0) is 66.1 Å². The average Bonchev–Trinajstić information content (AvgIpc) is 2.77. The van der Waals surface area contributed by atoms with Crippen LogP contribution in [0, 0.1) is 5.92 Å². The van der Waals surface area contributed by atoms with Crippen molar-refractivity contribution >= 4 is 22.4 Å². The van der Waals surface area contributed by atoms with Crippen LogP contribution in [0.15, 0.2) is 66.7 Å². The predicted molar refractivity (Wildman–Crippen MR) is 126 cm³/mol. The van der Waals surface area contributed by atoms with Gasteiger partial charge in [0.1, 0.15) is 0 Å². The van der Waals surface area contributed by atoms with Crippen LogP contribution in [0.25, 0.3) is 10.8 Å². The summed E-state index contributed by atoms with van der Waals surface area (Å²) in [4.78, 5) is 15.0. The number of hydrogen-bond acceptors (Lipinski definition) is 2. The molecule has 3 aromatic carbocycles. The van der Waals surface area contributed by atoms with Crippen molar-refractivity contribution < 1.29 is 4.79 Å². The molecule has 3 nitrogen and oxygen atoms in total. The Bertz CT molecular complexity index is 990. The van der Waals surface area contributed by atoms with Crippen molar-refractivity contribution in [2.75, 3.05) is 18.0 Å². The maximum atomic E-state index is 12.6. The molecule has 1 saturated heterocycles. The normalized spacial score (nSPS) is 17.7. The number of rotatable bonds is 6. The van der Waals surface area contributed by atoms with E-state index in [0.717, 1.165) is 31.0 Å². The van der Waals surface area contributed by atoms with Gasteiger partial charge in [-0.25, -0.2) is 0 Å². The van der Waals surface area contributed by atoms with Crippen molar-refractivity contribution in [3.05, 3.63) is 77.9 Å². The monoisotopic (exact) mass is 400 g/mol. The molecule has 2 atom stereocenters. The molecular formula is C27H32N2O. The molecule has 3 heteroatoms. The van der Waals surface area contributed by atoms with Gasteiger partial charge >= 0.3 is 0 Å². The Hall–Kier alpha value is -2.81. The second kappa shape index (κ2) is 9.34. The van der Waals surface area contributed by atoms with E-state index in [1.165, 1.54) is 34.9 Å². The van der Waals surface area contributed by atoms with Crippen LogP contribution >= 0.6 is 0 Å². The molecule has 1 N–H and O–H groups in total. The molecule has 0 unspecified atom stereocenters. The zero-order chi connectivity index (χ0) is 20.9. The number of piperidine rings is 1. The van der Waals surface area contributed by atoms with Gasteiger partial charge in [-0.1, -0.05) is 61.5 Å². The van der Waals surface area contributed by atoms with E-state index in [1.54, 1.807) is 0 Å². The van der Waals surface area contributed by atoms with Gasteiger partial charge in [0.15, 0.2) is 0 Å². The van der Waals surface area contributed by atoms with Crippen molar-refractivity contribution in [1.29, 1.82) is 0 Å². The van der Waals surface area contributed by atoms with E-state index in [-0.39, 0.29) is 11.9 Å². The van der Waals surface area contributed by atoms with Gasteiger partial charge in [0.25, 0.3) is 0 Å². The van der Waals surface area contributed by atoms with Crippen LogP contribution in [0.3, 0.4) is 0 Å². The molecule has 0 bridgehead atoms. The fourth-order valence-electron chi connectivity index (χ4n) is 4.55. The first-order valence-electron chi connectivity index (χ1n) is 11.2. The molecule has 0 spiro atoms. The van der Waals surface area contributed by atoms with E-state index >= 15 is 0 Å². The molecular weight excluding hydrogens is 368 g/mol. The van der Waals surface area contributed by atoms with E-state index in [2.05, 4.69) is 90.8 Å². The predicted octanol–water partition coefficient (Wildman–Crippen LogP) is 5.89. The second-order valence-electron chi connectivity index (χ2n) is 8.71. The molecule has 30 heavy (non-hydrogen) atoms. The van der Waals surface area contributed by atoms with Crippen LogP contribution in [-0.4, -0.2) is 19.0 Å². The van der Waals surface area contributed by atoms with Crippen LogP contribution in [0.4, 0.5) is 5.69 Å². The van der Waals surface area contributed by atoms with Gasteiger partial charge in [0.2, 0.25) is 5.91 Å². The number of benzene rings is 3. The van der Waals surface area contributed by atoms with Gasteiger partial charge in [0.05, 0.1) is 6.04 Å². The first-order chi connectivity index (χ1) is 14.6. The lowest BCUT2D eigenvalue weighted by molar-refractivity contribution is -0.121. The summed E-state index contributed by atoms with van der Waals surface area (Å²) in [6.07, 6.45) is 3.86. The number of aryl methyl sites for hydroxylation is 1. The fourth-order valence-corrected chi connectivity index (χ4v) is 4.55. The summed E-state index contributed by atoms with van der Waals surface area (Å²) in [5.74, 6) is 0.864. The Labute approximate surface area is 180 Å². The summed E-state index contributed by atoms with van der Waals surface area (Å²) in [5.41, 5.74) is 3.68. The van der Waals surface area contributed by atoms with E-state index in [9.17, 15) is 4.79 Å². The average molecular weight is 401 g/mol. The Morgan fingerprint density at radius 3 is 2.63 bits per heavy atom. The lowest BCUT2D eigenvalue weighted by Crippen LogP contribution is -2.34. The molecule has 156 valence electrons. The first kappa shape index (κ1) is 20.5. The number of nitrogens with zero attached hydrogens (tertiary/aromatic N) is 1. The SMILES string of the molecule is C[C@H]1CCCN(c2ccc([C@H](C)NC(=O)CCc3cccc4ccccc34)cc2)C1. The Morgan fingerprint density at radius 1 is 1.07 bits per heavy atom. The summed E-state index contributed by atoms with van der Waals surface area (Å²) in [6.45, 7) is 6.67. The number of carbonyl (C=O) groups is 1. The van der Waals surface area contributed by atoms with Gasteiger partial charge < -0.3 is 10.2 Å².